The van der Waals surface area contributed by atoms with Crippen LogP contribution in [0.15, 0.2) is 0 Å². The van der Waals surface area contributed by atoms with Crippen molar-refractivity contribution in [3.63, 3.8) is 0 Å². The second kappa shape index (κ2) is 3.87. The van der Waals surface area contributed by atoms with E-state index in [1.807, 2.05) is 0 Å². The predicted molar refractivity (Wildman–Crippen MR) is 48.8 cm³/mol. The average molecular weight is 200 g/mol. The zero-order chi connectivity index (χ0) is 10.1. The Hall–Kier alpha value is -0.610. The van der Waals surface area contributed by atoms with Gasteiger partial charge in [-0.25, -0.2) is 0 Å². The third-order valence-electron chi connectivity index (χ3n) is 2.95. The van der Waals surface area contributed by atoms with E-state index in [2.05, 4.69) is 6.92 Å². The third-order valence-corrected chi connectivity index (χ3v) is 2.95. The molecule has 4 nitrogen and oxygen atoms in total. The van der Waals surface area contributed by atoms with Crippen LogP contribution in [0.1, 0.15) is 20.3 Å². The molecule has 0 aromatic carbocycles. The Labute approximate surface area is 83.5 Å². The molecule has 2 aliphatic rings. The average Bonchev–Trinajstić information content (AvgIpc) is 2.67. The molecule has 14 heavy (non-hydrogen) atoms. The Morgan fingerprint density at radius 2 is 2.07 bits per heavy atom. The molecule has 80 valence electrons. The lowest BCUT2D eigenvalue weighted by molar-refractivity contribution is -0.150. The Kier molecular flexibility index (Phi) is 2.74. The van der Waals surface area contributed by atoms with Gasteiger partial charge in [-0.1, -0.05) is 6.92 Å². The van der Waals surface area contributed by atoms with Crippen LogP contribution in [0.2, 0.25) is 0 Å². The number of hydrogen-bond donors (Lipinski definition) is 0. The fourth-order valence-electron chi connectivity index (χ4n) is 2.21. The molecule has 2 aliphatic heterocycles. The largest absolute Gasteiger partial charge is 0.457 e. The molecule has 0 saturated carbocycles. The molecule has 0 aromatic rings. The van der Waals surface area contributed by atoms with Crippen molar-refractivity contribution in [3.05, 3.63) is 0 Å². The lowest BCUT2D eigenvalue weighted by Crippen LogP contribution is -2.32. The SMILES string of the molecule is CCC1COC2C(OC(C)=O)COC12. The molecule has 0 N–H and O–H groups in total. The van der Waals surface area contributed by atoms with E-state index < -0.39 is 0 Å². The number of carbonyl (C=O) groups excluding carboxylic acids is 1. The van der Waals surface area contributed by atoms with Crippen LogP contribution in [0.4, 0.5) is 0 Å². The van der Waals surface area contributed by atoms with Gasteiger partial charge in [-0.15, -0.1) is 0 Å². The van der Waals surface area contributed by atoms with E-state index >= 15 is 0 Å². The van der Waals surface area contributed by atoms with Crippen LogP contribution in [-0.2, 0) is 19.0 Å². The molecule has 4 atom stereocenters. The smallest absolute Gasteiger partial charge is 0.303 e. The van der Waals surface area contributed by atoms with Crippen molar-refractivity contribution < 1.29 is 19.0 Å². The first-order valence-corrected chi connectivity index (χ1v) is 5.12. The maximum absolute atomic E-state index is 10.8. The van der Waals surface area contributed by atoms with E-state index in [9.17, 15) is 4.79 Å². The lowest BCUT2D eigenvalue weighted by Gasteiger charge is -2.15. The first kappa shape index (κ1) is 9.93. The highest BCUT2D eigenvalue weighted by Gasteiger charge is 2.48. The van der Waals surface area contributed by atoms with Crippen LogP contribution >= 0.6 is 0 Å². The van der Waals surface area contributed by atoms with Crippen LogP contribution in [0.25, 0.3) is 0 Å². The Morgan fingerprint density at radius 1 is 1.36 bits per heavy atom. The summed E-state index contributed by atoms with van der Waals surface area (Å²) in [6, 6.07) is 0. The topological polar surface area (TPSA) is 44.8 Å². The number of hydrogen-bond acceptors (Lipinski definition) is 4. The number of ether oxygens (including phenoxy) is 3. The van der Waals surface area contributed by atoms with Crippen molar-refractivity contribution in [3.8, 4) is 0 Å². The molecular weight excluding hydrogens is 184 g/mol. The van der Waals surface area contributed by atoms with E-state index in [0.717, 1.165) is 13.0 Å². The van der Waals surface area contributed by atoms with Crippen molar-refractivity contribution >= 4 is 5.97 Å². The van der Waals surface area contributed by atoms with Crippen molar-refractivity contribution in [2.24, 2.45) is 5.92 Å². The maximum atomic E-state index is 10.8. The van der Waals surface area contributed by atoms with Crippen molar-refractivity contribution in [1.29, 1.82) is 0 Å². The Morgan fingerprint density at radius 3 is 2.71 bits per heavy atom. The Balaban J connectivity index is 1.97. The minimum atomic E-state index is -0.261. The predicted octanol–water partition coefficient (Wildman–Crippen LogP) is 0.742. The highest BCUT2D eigenvalue weighted by Crippen LogP contribution is 2.33. The van der Waals surface area contributed by atoms with Gasteiger partial charge in [0.1, 0.15) is 6.10 Å². The van der Waals surface area contributed by atoms with Gasteiger partial charge < -0.3 is 14.2 Å². The highest BCUT2D eigenvalue weighted by molar-refractivity contribution is 5.66. The summed E-state index contributed by atoms with van der Waals surface area (Å²) in [5, 5.41) is 0. The molecule has 2 heterocycles. The van der Waals surface area contributed by atoms with E-state index in [4.69, 9.17) is 14.2 Å². The summed E-state index contributed by atoms with van der Waals surface area (Å²) in [6.45, 7) is 4.74. The molecule has 4 unspecified atom stereocenters. The molecule has 0 bridgehead atoms. The van der Waals surface area contributed by atoms with Gasteiger partial charge in [0.15, 0.2) is 6.10 Å². The van der Waals surface area contributed by atoms with Gasteiger partial charge in [0, 0.05) is 12.8 Å². The molecule has 0 spiro atoms. The standard InChI is InChI=1S/C10H16O4/c1-3-7-4-12-10-8(14-6(2)11)5-13-9(7)10/h7-10H,3-5H2,1-2H3. The summed E-state index contributed by atoms with van der Waals surface area (Å²) in [6.07, 6.45) is 0.941. The van der Waals surface area contributed by atoms with Gasteiger partial charge in [0.2, 0.25) is 0 Å². The monoisotopic (exact) mass is 200 g/mol. The summed E-state index contributed by atoms with van der Waals surface area (Å²) in [5.74, 6) is 0.198. The minimum absolute atomic E-state index is 0.0381. The zero-order valence-corrected chi connectivity index (χ0v) is 8.56. The molecule has 0 amide bonds. The fourth-order valence-corrected chi connectivity index (χ4v) is 2.21. The molecule has 2 saturated heterocycles. The summed E-state index contributed by atoms with van der Waals surface area (Å²) in [4.78, 5) is 10.8. The first-order valence-electron chi connectivity index (χ1n) is 5.12. The number of fused-ring (bicyclic) bond motifs is 1. The van der Waals surface area contributed by atoms with E-state index in [1.54, 1.807) is 0 Å². The second-order valence-electron chi connectivity index (χ2n) is 3.91. The van der Waals surface area contributed by atoms with E-state index in [0.29, 0.717) is 12.5 Å². The summed E-state index contributed by atoms with van der Waals surface area (Å²) < 4.78 is 16.3. The van der Waals surface area contributed by atoms with Crippen LogP contribution in [0.5, 0.6) is 0 Å². The molecule has 2 rings (SSSR count). The summed E-state index contributed by atoms with van der Waals surface area (Å²) >= 11 is 0. The lowest BCUT2D eigenvalue weighted by atomic mass is 9.99. The molecular formula is C10H16O4. The van der Waals surface area contributed by atoms with Crippen LogP contribution < -0.4 is 0 Å². The molecule has 0 aliphatic carbocycles. The fraction of sp³-hybridized carbons (Fsp3) is 0.900. The number of carbonyl (C=O) groups is 1. The van der Waals surface area contributed by atoms with Gasteiger partial charge in [-0.2, -0.15) is 0 Å². The first-order chi connectivity index (χ1) is 6.72. The number of esters is 1. The van der Waals surface area contributed by atoms with Crippen LogP contribution in [-0.4, -0.2) is 37.5 Å². The minimum Gasteiger partial charge on any atom is -0.457 e. The molecule has 4 heteroatoms. The van der Waals surface area contributed by atoms with E-state index in [-0.39, 0.29) is 24.3 Å². The van der Waals surface area contributed by atoms with Crippen molar-refractivity contribution in [1.82, 2.24) is 0 Å². The maximum Gasteiger partial charge on any atom is 0.303 e. The van der Waals surface area contributed by atoms with Gasteiger partial charge in [-0.05, 0) is 6.42 Å². The molecule has 0 radical (unpaired) electrons. The molecule has 0 aromatic heterocycles. The van der Waals surface area contributed by atoms with Gasteiger partial charge in [0.25, 0.3) is 0 Å². The van der Waals surface area contributed by atoms with Gasteiger partial charge >= 0.3 is 5.97 Å². The van der Waals surface area contributed by atoms with Crippen molar-refractivity contribution in [2.75, 3.05) is 13.2 Å². The van der Waals surface area contributed by atoms with Crippen LogP contribution in [0.3, 0.4) is 0 Å². The Bertz CT molecular complexity index is 228. The van der Waals surface area contributed by atoms with Gasteiger partial charge in [0.05, 0.1) is 19.3 Å². The highest BCUT2D eigenvalue weighted by atomic mass is 16.6. The summed E-state index contributed by atoms with van der Waals surface area (Å²) in [5.41, 5.74) is 0. The second-order valence-corrected chi connectivity index (χ2v) is 3.91. The zero-order valence-electron chi connectivity index (χ0n) is 8.56. The quantitative estimate of drug-likeness (QED) is 0.617. The van der Waals surface area contributed by atoms with E-state index in [1.165, 1.54) is 6.92 Å². The number of rotatable bonds is 2. The normalized spacial score (nSPS) is 41.0. The van der Waals surface area contributed by atoms with Gasteiger partial charge in [-0.3, -0.25) is 4.79 Å². The third kappa shape index (κ3) is 1.64. The van der Waals surface area contributed by atoms with Crippen molar-refractivity contribution in [2.45, 2.75) is 38.6 Å². The van der Waals surface area contributed by atoms with Crippen LogP contribution in [0, 0.1) is 5.92 Å². The summed E-state index contributed by atoms with van der Waals surface area (Å²) in [7, 11) is 0. The molecule has 2 fully saturated rings.